The molecule has 24 heavy (non-hydrogen) atoms. The maximum absolute atomic E-state index is 5.75. The second-order valence-corrected chi connectivity index (χ2v) is 6.96. The summed E-state index contributed by atoms with van der Waals surface area (Å²) in [6, 6.07) is 8.43. The highest BCUT2D eigenvalue weighted by molar-refractivity contribution is 7.10. The fourth-order valence-corrected chi connectivity index (χ4v) is 4.10. The van der Waals surface area contributed by atoms with E-state index < -0.39 is 0 Å². The van der Waals surface area contributed by atoms with E-state index in [4.69, 9.17) is 5.73 Å². The molecule has 1 aliphatic heterocycles. The van der Waals surface area contributed by atoms with Crippen molar-refractivity contribution in [2.24, 2.45) is 0 Å². The van der Waals surface area contributed by atoms with Crippen LogP contribution in [0.3, 0.4) is 0 Å². The molecule has 6 nitrogen and oxygen atoms in total. The number of nitrogens with one attached hydrogen (secondary N) is 1. The van der Waals surface area contributed by atoms with Crippen LogP contribution in [0.5, 0.6) is 0 Å². The summed E-state index contributed by atoms with van der Waals surface area (Å²) in [5.41, 5.74) is 6.37. The lowest BCUT2D eigenvalue weighted by Gasteiger charge is -2.27. The van der Waals surface area contributed by atoms with E-state index in [-0.39, 0.29) is 0 Å². The molecular weight excluding hydrogens is 320 g/mol. The molecular formula is C17H20N6S. The minimum atomic E-state index is 0.374. The summed E-state index contributed by atoms with van der Waals surface area (Å²) in [6.07, 6.45) is 4.09. The molecule has 0 aliphatic carbocycles. The van der Waals surface area contributed by atoms with Gasteiger partial charge in [-0.1, -0.05) is 6.07 Å². The summed E-state index contributed by atoms with van der Waals surface area (Å²) >= 11 is 1.82. The Morgan fingerprint density at radius 2 is 2.08 bits per heavy atom. The molecule has 4 heterocycles. The molecule has 0 spiro atoms. The van der Waals surface area contributed by atoms with Gasteiger partial charge in [0.15, 0.2) is 5.65 Å². The summed E-state index contributed by atoms with van der Waals surface area (Å²) in [6.45, 7) is 3.14. The molecule has 0 saturated carbocycles. The maximum atomic E-state index is 5.75. The number of hydrogen-bond acceptors (Lipinski definition) is 7. The molecule has 1 saturated heterocycles. The number of likely N-dealkylation sites (tertiary alicyclic amines) is 1. The van der Waals surface area contributed by atoms with E-state index in [1.165, 1.54) is 24.0 Å². The van der Waals surface area contributed by atoms with Crippen molar-refractivity contribution in [2.45, 2.75) is 18.9 Å². The van der Waals surface area contributed by atoms with Crippen molar-refractivity contribution in [1.82, 2.24) is 19.9 Å². The maximum Gasteiger partial charge on any atom is 0.166 e. The van der Waals surface area contributed by atoms with Gasteiger partial charge in [-0.15, -0.1) is 11.3 Å². The molecule has 7 heteroatoms. The fraction of sp³-hybridized carbons (Fsp3) is 0.353. The zero-order valence-electron chi connectivity index (χ0n) is 13.4. The Balaban J connectivity index is 1.58. The number of nitrogens with zero attached hydrogens (tertiary/aromatic N) is 4. The number of hydrogen-bond donors (Lipinski definition) is 2. The average molecular weight is 340 g/mol. The smallest absolute Gasteiger partial charge is 0.166 e. The van der Waals surface area contributed by atoms with Crippen molar-refractivity contribution >= 4 is 34.0 Å². The second-order valence-electron chi connectivity index (χ2n) is 5.98. The van der Waals surface area contributed by atoms with Crippen LogP contribution in [0.25, 0.3) is 11.0 Å². The Labute approximate surface area is 144 Å². The van der Waals surface area contributed by atoms with Crippen LogP contribution in [0.2, 0.25) is 0 Å². The summed E-state index contributed by atoms with van der Waals surface area (Å²) in [5.74, 6) is 1.29. The number of nitrogen functional groups attached to an aromatic ring is 1. The molecule has 1 unspecified atom stereocenters. The van der Waals surface area contributed by atoms with Crippen molar-refractivity contribution in [2.75, 3.05) is 30.7 Å². The molecule has 4 rings (SSSR count). The van der Waals surface area contributed by atoms with Crippen molar-refractivity contribution < 1.29 is 0 Å². The summed E-state index contributed by atoms with van der Waals surface area (Å²) in [4.78, 5) is 16.8. The lowest BCUT2D eigenvalue weighted by atomic mass is 10.2. The first-order valence-corrected chi connectivity index (χ1v) is 9.08. The number of nitrogens with two attached hydrogens (primary N) is 1. The van der Waals surface area contributed by atoms with Crippen molar-refractivity contribution in [1.29, 1.82) is 0 Å². The predicted octanol–water partition coefficient (Wildman–Crippen LogP) is 2.92. The third-order valence-electron chi connectivity index (χ3n) is 4.43. The molecule has 1 fully saturated rings. The Hall–Kier alpha value is -2.25. The van der Waals surface area contributed by atoms with E-state index >= 15 is 0 Å². The van der Waals surface area contributed by atoms with Gasteiger partial charge in [0.2, 0.25) is 0 Å². The molecule has 1 aliphatic rings. The highest BCUT2D eigenvalue weighted by Gasteiger charge is 2.24. The Bertz CT molecular complexity index is 813. The molecule has 1 atom stereocenters. The van der Waals surface area contributed by atoms with Gasteiger partial charge in [0.05, 0.1) is 11.4 Å². The lowest BCUT2D eigenvalue weighted by Crippen LogP contribution is -2.30. The van der Waals surface area contributed by atoms with E-state index in [1.54, 1.807) is 6.07 Å². The van der Waals surface area contributed by atoms with Crippen molar-refractivity contribution in [3.63, 3.8) is 0 Å². The molecule has 0 amide bonds. The van der Waals surface area contributed by atoms with E-state index in [0.717, 1.165) is 30.8 Å². The predicted molar refractivity (Wildman–Crippen MR) is 98.1 cm³/mol. The van der Waals surface area contributed by atoms with Gasteiger partial charge >= 0.3 is 0 Å². The van der Waals surface area contributed by atoms with Crippen LogP contribution >= 0.6 is 11.3 Å². The van der Waals surface area contributed by atoms with E-state index in [9.17, 15) is 0 Å². The van der Waals surface area contributed by atoms with Crippen LogP contribution in [0.1, 0.15) is 23.8 Å². The summed E-state index contributed by atoms with van der Waals surface area (Å²) in [5, 5.41) is 6.55. The third kappa shape index (κ3) is 3.05. The van der Waals surface area contributed by atoms with Crippen LogP contribution < -0.4 is 11.1 Å². The van der Waals surface area contributed by atoms with Gasteiger partial charge in [0.25, 0.3) is 0 Å². The van der Waals surface area contributed by atoms with Gasteiger partial charge in [0.1, 0.15) is 18.0 Å². The minimum Gasteiger partial charge on any atom is -0.384 e. The fourth-order valence-electron chi connectivity index (χ4n) is 3.24. The third-order valence-corrected chi connectivity index (χ3v) is 5.41. The zero-order chi connectivity index (χ0) is 16.4. The van der Waals surface area contributed by atoms with Gasteiger partial charge in [-0.25, -0.2) is 15.0 Å². The van der Waals surface area contributed by atoms with Crippen LogP contribution in [-0.4, -0.2) is 39.5 Å². The molecule has 3 N–H and O–H groups in total. The van der Waals surface area contributed by atoms with Crippen LogP contribution in [-0.2, 0) is 0 Å². The van der Waals surface area contributed by atoms with Gasteiger partial charge in [-0.3, -0.25) is 4.90 Å². The molecule has 0 aromatic carbocycles. The van der Waals surface area contributed by atoms with Crippen LogP contribution in [0, 0.1) is 0 Å². The number of aromatic nitrogens is 3. The average Bonchev–Trinajstić information content (AvgIpc) is 3.29. The Morgan fingerprint density at radius 1 is 1.21 bits per heavy atom. The topological polar surface area (TPSA) is 80.0 Å². The molecule has 0 bridgehead atoms. The number of rotatable bonds is 5. The first-order chi connectivity index (χ1) is 11.8. The quantitative estimate of drug-likeness (QED) is 0.743. The normalized spacial score (nSPS) is 16.5. The van der Waals surface area contributed by atoms with E-state index in [1.807, 2.05) is 17.4 Å². The highest BCUT2D eigenvalue weighted by atomic mass is 32.1. The second kappa shape index (κ2) is 6.70. The first-order valence-electron chi connectivity index (χ1n) is 8.20. The standard InChI is InChI=1S/C17H20N6S/c18-15-6-5-12-16(20-11-21-17(12)22-15)19-10-13(14-4-3-9-24-14)23-7-1-2-8-23/h3-6,9,11,13H,1-2,7-8,10H2,(H3,18,19,20,21,22). The first kappa shape index (κ1) is 15.3. The SMILES string of the molecule is Nc1ccc2c(NCC(c3cccs3)N3CCCC3)ncnc2n1. The Morgan fingerprint density at radius 3 is 2.88 bits per heavy atom. The number of thiophene rings is 1. The zero-order valence-corrected chi connectivity index (χ0v) is 14.2. The van der Waals surface area contributed by atoms with Gasteiger partial charge in [-0.2, -0.15) is 0 Å². The highest BCUT2D eigenvalue weighted by Crippen LogP contribution is 2.29. The van der Waals surface area contributed by atoms with Gasteiger partial charge in [0, 0.05) is 11.4 Å². The summed E-state index contributed by atoms with van der Waals surface area (Å²) < 4.78 is 0. The summed E-state index contributed by atoms with van der Waals surface area (Å²) in [7, 11) is 0. The molecule has 3 aromatic heterocycles. The molecule has 0 radical (unpaired) electrons. The van der Waals surface area contributed by atoms with Crippen LogP contribution in [0.4, 0.5) is 11.6 Å². The number of pyridine rings is 1. The van der Waals surface area contributed by atoms with Crippen molar-refractivity contribution in [3.8, 4) is 0 Å². The molecule has 3 aromatic rings. The minimum absolute atomic E-state index is 0.374. The van der Waals surface area contributed by atoms with Crippen LogP contribution in [0.15, 0.2) is 36.0 Å². The lowest BCUT2D eigenvalue weighted by molar-refractivity contribution is 0.259. The van der Waals surface area contributed by atoms with Gasteiger partial charge in [-0.05, 0) is 49.5 Å². The van der Waals surface area contributed by atoms with Crippen molar-refractivity contribution in [3.05, 3.63) is 40.8 Å². The Kier molecular flexibility index (Phi) is 4.27. The number of anilines is 2. The monoisotopic (exact) mass is 340 g/mol. The van der Waals surface area contributed by atoms with E-state index in [0.29, 0.717) is 17.5 Å². The number of fused-ring (bicyclic) bond motifs is 1. The largest absolute Gasteiger partial charge is 0.384 e. The molecule has 124 valence electrons. The van der Waals surface area contributed by atoms with Gasteiger partial charge < -0.3 is 11.1 Å². The van der Waals surface area contributed by atoms with E-state index in [2.05, 4.69) is 42.7 Å².